The number of nitrogens with zero attached hydrogens (tertiary/aromatic N) is 2. The van der Waals surface area contributed by atoms with Crippen LogP contribution in [-0.4, -0.2) is 11.6 Å². The van der Waals surface area contributed by atoms with Crippen LogP contribution in [0.4, 0.5) is 0 Å². The summed E-state index contributed by atoms with van der Waals surface area (Å²) in [6, 6.07) is 3.57. The lowest BCUT2D eigenvalue weighted by molar-refractivity contribution is 0.287. The van der Waals surface area contributed by atoms with Crippen LogP contribution < -0.4 is 4.74 Å². The second-order valence-corrected chi connectivity index (χ2v) is 4.35. The fourth-order valence-electron chi connectivity index (χ4n) is 1.27. The summed E-state index contributed by atoms with van der Waals surface area (Å²) in [6.45, 7) is 4.92. The second kappa shape index (κ2) is 6.34. The van der Waals surface area contributed by atoms with Crippen LogP contribution in [0.15, 0.2) is 12.3 Å². The Kier molecular flexibility index (Phi) is 5.07. The van der Waals surface area contributed by atoms with E-state index < -0.39 is 0 Å². The maximum absolute atomic E-state index is 8.77. The molecule has 0 aliphatic carbocycles. The van der Waals surface area contributed by atoms with Crippen molar-refractivity contribution in [1.82, 2.24) is 4.98 Å². The van der Waals surface area contributed by atoms with Crippen LogP contribution in [0.3, 0.4) is 0 Å². The quantitative estimate of drug-likeness (QED) is 0.739. The topological polar surface area (TPSA) is 45.9 Å². The first-order chi connectivity index (χ1) is 7.65. The molecule has 16 heavy (non-hydrogen) atoms. The van der Waals surface area contributed by atoms with Crippen molar-refractivity contribution in [2.24, 2.45) is 5.92 Å². The van der Waals surface area contributed by atoms with Crippen molar-refractivity contribution in [2.75, 3.05) is 6.61 Å². The number of pyridine rings is 1. The van der Waals surface area contributed by atoms with E-state index in [2.05, 4.69) is 18.8 Å². The number of nitriles is 1. The molecule has 0 saturated carbocycles. The van der Waals surface area contributed by atoms with Crippen LogP contribution in [0.2, 0.25) is 5.02 Å². The fraction of sp³-hybridized carbons (Fsp3) is 0.500. The summed E-state index contributed by atoms with van der Waals surface area (Å²) in [5.74, 6) is 1.02. The molecule has 0 N–H and O–H groups in total. The largest absolute Gasteiger partial charge is 0.477 e. The Bertz CT molecular complexity index is 385. The van der Waals surface area contributed by atoms with Crippen molar-refractivity contribution in [1.29, 1.82) is 5.26 Å². The van der Waals surface area contributed by atoms with Crippen LogP contribution in [0, 0.1) is 17.2 Å². The lowest BCUT2D eigenvalue weighted by Crippen LogP contribution is -2.02. The molecule has 0 amide bonds. The van der Waals surface area contributed by atoms with Gasteiger partial charge in [0.25, 0.3) is 0 Å². The Labute approximate surface area is 101 Å². The van der Waals surface area contributed by atoms with Crippen molar-refractivity contribution >= 4 is 11.6 Å². The third kappa shape index (κ3) is 3.71. The molecule has 3 nitrogen and oxygen atoms in total. The summed E-state index contributed by atoms with van der Waals surface area (Å²) in [4.78, 5) is 4.00. The van der Waals surface area contributed by atoms with E-state index in [-0.39, 0.29) is 0 Å². The normalized spacial score (nSPS) is 10.2. The zero-order valence-electron chi connectivity index (χ0n) is 9.53. The lowest BCUT2D eigenvalue weighted by Gasteiger charge is -2.08. The highest BCUT2D eigenvalue weighted by atomic mass is 35.5. The summed E-state index contributed by atoms with van der Waals surface area (Å²) in [6.07, 6.45) is 3.60. The Balaban J connectivity index is 2.52. The van der Waals surface area contributed by atoms with Gasteiger partial charge in [0.2, 0.25) is 5.88 Å². The van der Waals surface area contributed by atoms with E-state index in [0.29, 0.717) is 29.0 Å². The highest BCUT2D eigenvalue weighted by Crippen LogP contribution is 2.25. The Morgan fingerprint density at radius 1 is 1.56 bits per heavy atom. The van der Waals surface area contributed by atoms with Gasteiger partial charge in [-0.3, -0.25) is 0 Å². The van der Waals surface area contributed by atoms with Gasteiger partial charge in [0, 0.05) is 6.20 Å². The van der Waals surface area contributed by atoms with Gasteiger partial charge in [-0.15, -0.1) is 0 Å². The highest BCUT2D eigenvalue weighted by molar-refractivity contribution is 6.32. The van der Waals surface area contributed by atoms with E-state index in [4.69, 9.17) is 21.6 Å². The first-order valence-corrected chi connectivity index (χ1v) is 5.70. The highest BCUT2D eigenvalue weighted by Gasteiger charge is 2.07. The summed E-state index contributed by atoms with van der Waals surface area (Å²) < 4.78 is 5.44. The molecule has 0 atom stereocenters. The van der Waals surface area contributed by atoms with Gasteiger partial charge in [-0.1, -0.05) is 25.4 Å². The SMILES string of the molecule is CC(C)CCCOc1nccc(C#N)c1Cl. The van der Waals surface area contributed by atoms with Gasteiger partial charge in [0.05, 0.1) is 12.2 Å². The van der Waals surface area contributed by atoms with E-state index >= 15 is 0 Å². The molecule has 0 bridgehead atoms. The van der Waals surface area contributed by atoms with Gasteiger partial charge in [0.1, 0.15) is 11.1 Å². The molecular weight excluding hydrogens is 224 g/mol. The molecule has 1 aromatic heterocycles. The molecule has 1 rings (SSSR count). The molecule has 0 aliphatic rings. The van der Waals surface area contributed by atoms with E-state index in [1.165, 1.54) is 6.20 Å². The minimum atomic E-state index is 0.301. The second-order valence-electron chi connectivity index (χ2n) is 3.97. The van der Waals surface area contributed by atoms with Crippen LogP contribution in [0.1, 0.15) is 32.3 Å². The van der Waals surface area contributed by atoms with E-state index in [1.54, 1.807) is 6.07 Å². The molecule has 0 saturated heterocycles. The zero-order valence-corrected chi connectivity index (χ0v) is 10.3. The third-order valence-electron chi connectivity index (χ3n) is 2.14. The predicted octanol–water partition coefficient (Wildman–Crippen LogP) is 3.42. The number of hydrogen-bond donors (Lipinski definition) is 0. The number of halogens is 1. The smallest absolute Gasteiger partial charge is 0.233 e. The zero-order chi connectivity index (χ0) is 12.0. The maximum Gasteiger partial charge on any atom is 0.233 e. The minimum Gasteiger partial charge on any atom is -0.477 e. The molecule has 0 spiro atoms. The molecule has 1 heterocycles. The summed E-state index contributed by atoms with van der Waals surface area (Å²) >= 11 is 5.94. The summed E-state index contributed by atoms with van der Waals surface area (Å²) in [7, 11) is 0. The predicted molar refractivity (Wildman–Crippen MR) is 63.5 cm³/mol. The third-order valence-corrected chi connectivity index (χ3v) is 2.51. The maximum atomic E-state index is 8.77. The van der Waals surface area contributed by atoms with Crippen LogP contribution in [0.25, 0.3) is 0 Å². The van der Waals surface area contributed by atoms with Crippen LogP contribution >= 0.6 is 11.6 Å². The van der Waals surface area contributed by atoms with Crippen molar-refractivity contribution < 1.29 is 4.74 Å². The molecule has 0 unspecified atom stereocenters. The number of aromatic nitrogens is 1. The van der Waals surface area contributed by atoms with E-state index in [1.807, 2.05) is 6.07 Å². The monoisotopic (exact) mass is 238 g/mol. The van der Waals surface area contributed by atoms with Crippen molar-refractivity contribution in [3.8, 4) is 11.9 Å². The molecule has 0 fully saturated rings. The summed E-state index contributed by atoms with van der Waals surface area (Å²) in [5.41, 5.74) is 0.399. The van der Waals surface area contributed by atoms with Gasteiger partial charge >= 0.3 is 0 Å². The number of hydrogen-bond acceptors (Lipinski definition) is 3. The molecule has 86 valence electrons. The van der Waals surface area contributed by atoms with E-state index in [9.17, 15) is 0 Å². The van der Waals surface area contributed by atoms with Crippen molar-refractivity contribution in [2.45, 2.75) is 26.7 Å². The molecule has 1 aromatic rings. The first kappa shape index (κ1) is 12.8. The lowest BCUT2D eigenvalue weighted by atomic mass is 10.1. The molecule has 4 heteroatoms. The number of rotatable bonds is 5. The Morgan fingerprint density at radius 2 is 2.31 bits per heavy atom. The minimum absolute atomic E-state index is 0.301. The standard InChI is InChI=1S/C12H15ClN2O/c1-9(2)4-3-7-16-12-11(13)10(8-14)5-6-15-12/h5-6,9H,3-4,7H2,1-2H3. The molecule has 0 aliphatic heterocycles. The first-order valence-electron chi connectivity index (χ1n) is 5.32. The van der Waals surface area contributed by atoms with Crippen molar-refractivity contribution in [3.63, 3.8) is 0 Å². The average molecular weight is 239 g/mol. The fourth-order valence-corrected chi connectivity index (χ4v) is 1.48. The Hall–Kier alpha value is -1.27. The molecule has 0 radical (unpaired) electrons. The van der Waals surface area contributed by atoms with Crippen LogP contribution in [-0.2, 0) is 0 Å². The van der Waals surface area contributed by atoms with Gasteiger partial charge in [-0.2, -0.15) is 5.26 Å². The van der Waals surface area contributed by atoms with Gasteiger partial charge in [0.15, 0.2) is 0 Å². The number of ether oxygens (including phenoxy) is 1. The molecular formula is C12H15ClN2O. The van der Waals surface area contributed by atoms with Crippen LogP contribution in [0.5, 0.6) is 5.88 Å². The van der Waals surface area contributed by atoms with Gasteiger partial charge < -0.3 is 4.74 Å². The summed E-state index contributed by atoms with van der Waals surface area (Å²) in [5, 5.41) is 9.07. The van der Waals surface area contributed by atoms with Crippen molar-refractivity contribution in [3.05, 3.63) is 22.8 Å². The Morgan fingerprint density at radius 3 is 2.94 bits per heavy atom. The van der Waals surface area contributed by atoms with Gasteiger partial charge in [-0.25, -0.2) is 4.98 Å². The van der Waals surface area contributed by atoms with E-state index in [0.717, 1.165) is 12.8 Å². The van der Waals surface area contributed by atoms with Gasteiger partial charge in [-0.05, 0) is 24.8 Å². The molecule has 0 aromatic carbocycles. The average Bonchev–Trinajstić information content (AvgIpc) is 2.26.